The van der Waals surface area contributed by atoms with Crippen LogP contribution in [-0.2, 0) is 4.79 Å². The largest absolute Gasteiger partial charge is 0.355 e. The maximum absolute atomic E-state index is 11.3. The molecule has 1 aromatic rings. The number of amides is 2. The Hall–Kier alpha value is -1.88. The molecule has 86 valence electrons. The summed E-state index contributed by atoms with van der Waals surface area (Å²) in [5.41, 5.74) is 6.47. The quantitative estimate of drug-likeness (QED) is 0.687. The lowest BCUT2D eigenvalue weighted by Gasteiger charge is -2.08. The smallest absolute Gasteiger partial charge is 0.251 e. The lowest BCUT2D eigenvalue weighted by atomic mass is 10.2. The van der Waals surface area contributed by atoms with Crippen LogP contribution in [0.3, 0.4) is 0 Å². The van der Waals surface area contributed by atoms with Gasteiger partial charge in [0.25, 0.3) is 5.91 Å². The van der Waals surface area contributed by atoms with Gasteiger partial charge in [-0.3, -0.25) is 9.59 Å². The standard InChI is InChI=1S/C11H15N3O2/c1-7(12)10(15)14-9-5-3-4-8(6-9)11(16)13-2/h3-7H,12H2,1-2H3,(H,13,16)(H,14,15)/t7-/m1/s1. The van der Waals surface area contributed by atoms with E-state index in [1.165, 1.54) is 0 Å². The van der Waals surface area contributed by atoms with E-state index in [1.54, 1.807) is 38.2 Å². The van der Waals surface area contributed by atoms with Crippen molar-refractivity contribution in [3.8, 4) is 0 Å². The van der Waals surface area contributed by atoms with E-state index in [0.717, 1.165) is 0 Å². The molecule has 0 aliphatic rings. The number of nitrogens with one attached hydrogen (secondary N) is 2. The first-order chi connectivity index (χ1) is 7.54. The molecule has 5 nitrogen and oxygen atoms in total. The third-order valence-corrected chi connectivity index (χ3v) is 2.03. The van der Waals surface area contributed by atoms with Crippen molar-refractivity contribution in [1.82, 2.24) is 5.32 Å². The minimum absolute atomic E-state index is 0.197. The Kier molecular flexibility index (Phi) is 4.02. The second kappa shape index (κ2) is 5.27. The average Bonchev–Trinajstić information content (AvgIpc) is 2.28. The molecule has 0 unspecified atom stereocenters. The molecule has 0 radical (unpaired) electrons. The van der Waals surface area contributed by atoms with Crippen LogP contribution in [0.15, 0.2) is 24.3 Å². The highest BCUT2D eigenvalue weighted by Gasteiger charge is 2.09. The molecule has 0 aromatic heterocycles. The van der Waals surface area contributed by atoms with E-state index in [1.807, 2.05) is 0 Å². The van der Waals surface area contributed by atoms with Crippen molar-refractivity contribution in [2.24, 2.45) is 5.73 Å². The lowest BCUT2D eigenvalue weighted by molar-refractivity contribution is -0.117. The molecule has 0 heterocycles. The van der Waals surface area contributed by atoms with Crippen molar-refractivity contribution in [3.05, 3.63) is 29.8 Å². The minimum atomic E-state index is -0.580. The van der Waals surface area contributed by atoms with Gasteiger partial charge in [-0.2, -0.15) is 0 Å². The van der Waals surface area contributed by atoms with Crippen LogP contribution in [0, 0.1) is 0 Å². The van der Waals surface area contributed by atoms with Crippen LogP contribution in [0.2, 0.25) is 0 Å². The molecule has 1 atom stereocenters. The normalized spacial score (nSPS) is 11.7. The molecule has 0 saturated carbocycles. The number of carbonyl (C=O) groups excluding carboxylic acids is 2. The molecular formula is C11H15N3O2. The van der Waals surface area contributed by atoms with Crippen LogP contribution in [0.1, 0.15) is 17.3 Å². The summed E-state index contributed by atoms with van der Waals surface area (Å²) in [6.45, 7) is 1.60. The zero-order valence-corrected chi connectivity index (χ0v) is 9.28. The van der Waals surface area contributed by atoms with Crippen molar-refractivity contribution in [2.75, 3.05) is 12.4 Å². The van der Waals surface area contributed by atoms with Gasteiger partial charge < -0.3 is 16.4 Å². The first-order valence-corrected chi connectivity index (χ1v) is 4.93. The van der Waals surface area contributed by atoms with Gasteiger partial charge in [-0.1, -0.05) is 6.07 Å². The number of hydrogen-bond acceptors (Lipinski definition) is 3. The highest BCUT2D eigenvalue weighted by atomic mass is 16.2. The summed E-state index contributed by atoms with van der Waals surface area (Å²) in [5.74, 6) is -0.481. The van der Waals surface area contributed by atoms with E-state index in [2.05, 4.69) is 10.6 Å². The fraction of sp³-hybridized carbons (Fsp3) is 0.273. The van der Waals surface area contributed by atoms with Crippen LogP contribution < -0.4 is 16.4 Å². The molecule has 0 bridgehead atoms. The van der Waals surface area contributed by atoms with E-state index in [9.17, 15) is 9.59 Å². The number of carbonyl (C=O) groups is 2. The van der Waals surface area contributed by atoms with E-state index in [-0.39, 0.29) is 11.8 Å². The minimum Gasteiger partial charge on any atom is -0.355 e. The Bertz CT molecular complexity index is 402. The van der Waals surface area contributed by atoms with Gasteiger partial charge in [0.1, 0.15) is 0 Å². The van der Waals surface area contributed by atoms with E-state index >= 15 is 0 Å². The van der Waals surface area contributed by atoms with Gasteiger partial charge in [-0.25, -0.2) is 0 Å². The van der Waals surface area contributed by atoms with Crippen LogP contribution in [0.5, 0.6) is 0 Å². The number of benzene rings is 1. The van der Waals surface area contributed by atoms with E-state index < -0.39 is 6.04 Å². The molecule has 0 saturated heterocycles. The molecule has 0 spiro atoms. The summed E-state index contributed by atoms with van der Waals surface area (Å²) < 4.78 is 0. The number of rotatable bonds is 3. The molecule has 0 aliphatic carbocycles. The maximum atomic E-state index is 11.3. The van der Waals surface area contributed by atoms with Crippen molar-refractivity contribution in [1.29, 1.82) is 0 Å². The molecule has 0 aliphatic heterocycles. The fourth-order valence-electron chi connectivity index (χ4n) is 1.14. The molecule has 16 heavy (non-hydrogen) atoms. The van der Waals surface area contributed by atoms with Crippen molar-refractivity contribution in [2.45, 2.75) is 13.0 Å². The SMILES string of the molecule is CNC(=O)c1cccc(NC(=O)[C@@H](C)N)c1. The van der Waals surface area contributed by atoms with Gasteiger partial charge >= 0.3 is 0 Å². The Morgan fingerprint density at radius 2 is 2.06 bits per heavy atom. The third-order valence-electron chi connectivity index (χ3n) is 2.03. The molecule has 0 fully saturated rings. The number of anilines is 1. The highest BCUT2D eigenvalue weighted by Crippen LogP contribution is 2.10. The van der Waals surface area contributed by atoms with Crippen LogP contribution in [0.4, 0.5) is 5.69 Å². The molecule has 2 amide bonds. The van der Waals surface area contributed by atoms with Gasteiger partial charge in [0, 0.05) is 18.3 Å². The maximum Gasteiger partial charge on any atom is 0.251 e. The van der Waals surface area contributed by atoms with Gasteiger partial charge in [0.15, 0.2) is 0 Å². The molecular weight excluding hydrogens is 206 g/mol. The summed E-state index contributed by atoms with van der Waals surface area (Å²) in [6.07, 6.45) is 0. The summed E-state index contributed by atoms with van der Waals surface area (Å²) in [6, 6.07) is 6.08. The topological polar surface area (TPSA) is 84.2 Å². The Balaban J connectivity index is 2.83. The predicted molar refractivity (Wildman–Crippen MR) is 62.1 cm³/mol. The summed E-state index contributed by atoms with van der Waals surface area (Å²) in [7, 11) is 1.55. The zero-order valence-electron chi connectivity index (χ0n) is 9.28. The predicted octanol–water partition coefficient (Wildman–Crippen LogP) is 0.332. The first-order valence-electron chi connectivity index (χ1n) is 4.93. The lowest BCUT2D eigenvalue weighted by Crippen LogP contribution is -2.32. The number of hydrogen-bond donors (Lipinski definition) is 3. The Morgan fingerprint density at radius 3 is 2.62 bits per heavy atom. The monoisotopic (exact) mass is 221 g/mol. The van der Waals surface area contributed by atoms with Crippen LogP contribution in [0.25, 0.3) is 0 Å². The molecule has 1 aromatic carbocycles. The van der Waals surface area contributed by atoms with Gasteiger partial charge in [-0.05, 0) is 25.1 Å². The van der Waals surface area contributed by atoms with Gasteiger partial charge in [0.05, 0.1) is 6.04 Å². The first kappa shape index (κ1) is 12.2. The van der Waals surface area contributed by atoms with E-state index in [4.69, 9.17) is 5.73 Å². The summed E-state index contributed by atoms with van der Waals surface area (Å²) in [5, 5.41) is 5.13. The second-order valence-corrected chi connectivity index (χ2v) is 3.44. The second-order valence-electron chi connectivity index (χ2n) is 3.44. The molecule has 4 N–H and O–H groups in total. The highest BCUT2D eigenvalue weighted by molar-refractivity contribution is 5.98. The Morgan fingerprint density at radius 1 is 1.38 bits per heavy atom. The fourth-order valence-corrected chi connectivity index (χ4v) is 1.14. The Labute approximate surface area is 94.0 Å². The average molecular weight is 221 g/mol. The summed E-state index contributed by atoms with van der Waals surface area (Å²) in [4.78, 5) is 22.7. The van der Waals surface area contributed by atoms with Gasteiger partial charge in [0.2, 0.25) is 5.91 Å². The van der Waals surface area contributed by atoms with Crippen LogP contribution >= 0.6 is 0 Å². The molecule has 5 heteroatoms. The summed E-state index contributed by atoms with van der Waals surface area (Å²) >= 11 is 0. The van der Waals surface area contributed by atoms with Crippen molar-refractivity contribution in [3.63, 3.8) is 0 Å². The van der Waals surface area contributed by atoms with Crippen molar-refractivity contribution < 1.29 is 9.59 Å². The molecule has 1 rings (SSSR count). The van der Waals surface area contributed by atoms with Crippen LogP contribution in [-0.4, -0.2) is 24.9 Å². The van der Waals surface area contributed by atoms with Crippen molar-refractivity contribution >= 4 is 17.5 Å². The number of nitrogens with two attached hydrogens (primary N) is 1. The van der Waals surface area contributed by atoms with E-state index in [0.29, 0.717) is 11.3 Å². The third kappa shape index (κ3) is 3.06. The van der Waals surface area contributed by atoms with Gasteiger partial charge in [-0.15, -0.1) is 0 Å². The zero-order chi connectivity index (χ0) is 12.1.